The van der Waals surface area contributed by atoms with Crippen LogP contribution in [0.4, 0.5) is 0 Å². The van der Waals surface area contributed by atoms with E-state index in [2.05, 4.69) is 53.2 Å². The van der Waals surface area contributed by atoms with E-state index in [-0.39, 0.29) is 0 Å². The highest BCUT2D eigenvalue weighted by Crippen LogP contribution is 2.25. The number of aryl methyl sites for hydroxylation is 1. The van der Waals surface area contributed by atoms with E-state index in [0.29, 0.717) is 5.92 Å². The summed E-state index contributed by atoms with van der Waals surface area (Å²) in [6.45, 7) is 1.13. The number of hydrogen-bond donors (Lipinski definition) is 1. The second-order valence-electron chi connectivity index (χ2n) is 5.41. The molecule has 1 N–H and O–H groups in total. The topological polar surface area (TPSA) is 12.0 Å². The standard InChI is InChI=1S/C17H21NS/c1-2-5-14(6-3-1)15(13-18-16-9-10-16)8-11-17-7-4-12-19-17/h1-7,12,15-16,18H,8-11,13H2. The molecular weight excluding hydrogens is 250 g/mol. The molecular formula is C17H21NS. The van der Waals surface area contributed by atoms with Gasteiger partial charge in [0, 0.05) is 17.5 Å². The summed E-state index contributed by atoms with van der Waals surface area (Å²) in [5.74, 6) is 0.642. The molecule has 0 bridgehead atoms. The lowest BCUT2D eigenvalue weighted by Gasteiger charge is -2.18. The molecule has 1 aromatic heterocycles. The Balaban J connectivity index is 1.61. The van der Waals surface area contributed by atoms with Gasteiger partial charge in [0.15, 0.2) is 0 Å². The van der Waals surface area contributed by atoms with Gasteiger partial charge in [0.25, 0.3) is 0 Å². The summed E-state index contributed by atoms with van der Waals surface area (Å²) in [6, 6.07) is 16.2. The number of rotatable bonds is 7. The Kier molecular flexibility index (Phi) is 4.31. The van der Waals surface area contributed by atoms with E-state index >= 15 is 0 Å². The molecule has 19 heavy (non-hydrogen) atoms. The van der Waals surface area contributed by atoms with Crippen molar-refractivity contribution in [1.82, 2.24) is 5.32 Å². The normalized spacial score (nSPS) is 16.4. The van der Waals surface area contributed by atoms with Crippen LogP contribution in [-0.2, 0) is 6.42 Å². The molecule has 1 heterocycles. The summed E-state index contributed by atoms with van der Waals surface area (Å²) in [6.07, 6.45) is 5.17. The Morgan fingerprint density at radius 1 is 1.11 bits per heavy atom. The first-order chi connectivity index (χ1) is 9.42. The molecule has 1 aromatic carbocycles. The highest BCUT2D eigenvalue weighted by molar-refractivity contribution is 7.09. The Hall–Kier alpha value is -1.12. The van der Waals surface area contributed by atoms with Crippen molar-refractivity contribution in [1.29, 1.82) is 0 Å². The third-order valence-corrected chi connectivity index (χ3v) is 4.76. The molecule has 100 valence electrons. The van der Waals surface area contributed by atoms with E-state index in [1.807, 2.05) is 11.3 Å². The number of nitrogens with one attached hydrogen (secondary N) is 1. The molecule has 2 aromatic rings. The van der Waals surface area contributed by atoms with E-state index in [1.54, 1.807) is 0 Å². The van der Waals surface area contributed by atoms with Crippen molar-refractivity contribution in [2.24, 2.45) is 0 Å². The maximum absolute atomic E-state index is 3.69. The lowest BCUT2D eigenvalue weighted by atomic mass is 9.94. The third-order valence-electron chi connectivity index (χ3n) is 3.82. The fourth-order valence-electron chi connectivity index (χ4n) is 2.48. The average molecular weight is 271 g/mol. The molecule has 1 fully saturated rings. The smallest absolute Gasteiger partial charge is 0.00684 e. The molecule has 1 aliphatic carbocycles. The van der Waals surface area contributed by atoms with Gasteiger partial charge in [0.1, 0.15) is 0 Å². The lowest BCUT2D eigenvalue weighted by Crippen LogP contribution is -2.23. The molecule has 1 aliphatic rings. The fourth-order valence-corrected chi connectivity index (χ4v) is 3.20. The van der Waals surface area contributed by atoms with Gasteiger partial charge in [0.05, 0.1) is 0 Å². The fraction of sp³-hybridized carbons (Fsp3) is 0.412. The van der Waals surface area contributed by atoms with Crippen molar-refractivity contribution in [3.63, 3.8) is 0 Å². The van der Waals surface area contributed by atoms with Crippen LogP contribution in [0.1, 0.15) is 35.6 Å². The molecule has 0 radical (unpaired) electrons. The lowest BCUT2D eigenvalue weighted by molar-refractivity contribution is 0.549. The molecule has 0 amide bonds. The van der Waals surface area contributed by atoms with Gasteiger partial charge in [-0.15, -0.1) is 11.3 Å². The minimum Gasteiger partial charge on any atom is -0.313 e. The molecule has 1 saturated carbocycles. The Bertz CT molecular complexity index is 473. The van der Waals surface area contributed by atoms with Crippen molar-refractivity contribution in [2.45, 2.75) is 37.6 Å². The van der Waals surface area contributed by atoms with Crippen molar-refractivity contribution in [3.05, 3.63) is 58.3 Å². The summed E-state index contributed by atoms with van der Waals surface area (Å²) < 4.78 is 0. The Labute approximate surface area is 119 Å². The summed E-state index contributed by atoms with van der Waals surface area (Å²) in [5, 5.41) is 5.86. The SMILES string of the molecule is c1ccc(C(CCc2cccs2)CNC2CC2)cc1. The largest absolute Gasteiger partial charge is 0.313 e. The predicted molar refractivity (Wildman–Crippen MR) is 82.8 cm³/mol. The first kappa shape index (κ1) is 12.9. The van der Waals surface area contributed by atoms with E-state index < -0.39 is 0 Å². The number of thiophene rings is 1. The van der Waals surface area contributed by atoms with Crippen LogP contribution < -0.4 is 5.32 Å². The van der Waals surface area contributed by atoms with E-state index in [0.717, 1.165) is 12.6 Å². The maximum Gasteiger partial charge on any atom is 0.00684 e. The summed E-state index contributed by atoms with van der Waals surface area (Å²) >= 11 is 1.88. The molecule has 3 rings (SSSR count). The van der Waals surface area contributed by atoms with E-state index in [9.17, 15) is 0 Å². The van der Waals surface area contributed by atoms with Crippen molar-refractivity contribution < 1.29 is 0 Å². The molecule has 0 aliphatic heterocycles. The minimum absolute atomic E-state index is 0.642. The summed E-state index contributed by atoms with van der Waals surface area (Å²) in [7, 11) is 0. The van der Waals surface area contributed by atoms with E-state index in [4.69, 9.17) is 0 Å². The average Bonchev–Trinajstić information content (AvgIpc) is 3.14. The Morgan fingerprint density at radius 2 is 1.95 bits per heavy atom. The summed E-state index contributed by atoms with van der Waals surface area (Å²) in [4.78, 5) is 1.51. The molecule has 1 nitrogen and oxygen atoms in total. The zero-order valence-electron chi connectivity index (χ0n) is 11.2. The highest BCUT2D eigenvalue weighted by Gasteiger charge is 2.22. The van der Waals surface area contributed by atoms with Gasteiger partial charge in [-0.3, -0.25) is 0 Å². The van der Waals surface area contributed by atoms with Gasteiger partial charge >= 0.3 is 0 Å². The second-order valence-corrected chi connectivity index (χ2v) is 6.44. The van der Waals surface area contributed by atoms with Crippen molar-refractivity contribution in [3.8, 4) is 0 Å². The molecule has 1 atom stereocenters. The third kappa shape index (κ3) is 3.92. The number of hydrogen-bond acceptors (Lipinski definition) is 2. The van der Waals surface area contributed by atoms with Gasteiger partial charge in [-0.1, -0.05) is 36.4 Å². The van der Waals surface area contributed by atoms with Crippen LogP contribution in [0.15, 0.2) is 47.8 Å². The molecule has 0 spiro atoms. The van der Waals surface area contributed by atoms with Gasteiger partial charge < -0.3 is 5.32 Å². The highest BCUT2D eigenvalue weighted by atomic mass is 32.1. The minimum atomic E-state index is 0.642. The predicted octanol–water partition coefficient (Wildman–Crippen LogP) is 4.22. The zero-order valence-corrected chi connectivity index (χ0v) is 12.0. The molecule has 0 saturated heterocycles. The van der Waals surface area contributed by atoms with Crippen LogP contribution in [0.25, 0.3) is 0 Å². The Morgan fingerprint density at radius 3 is 2.63 bits per heavy atom. The van der Waals surface area contributed by atoms with E-state index in [1.165, 1.54) is 36.1 Å². The second kappa shape index (κ2) is 6.36. The van der Waals surface area contributed by atoms with Crippen LogP contribution in [0.3, 0.4) is 0 Å². The maximum atomic E-state index is 3.69. The zero-order chi connectivity index (χ0) is 12.9. The quantitative estimate of drug-likeness (QED) is 0.795. The van der Waals surface area contributed by atoms with Crippen LogP contribution in [-0.4, -0.2) is 12.6 Å². The van der Waals surface area contributed by atoms with Crippen LogP contribution >= 0.6 is 11.3 Å². The van der Waals surface area contributed by atoms with Gasteiger partial charge in [-0.25, -0.2) is 0 Å². The van der Waals surface area contributed by atoms with Gasteiger partial charge in [0.2, 0.25) is 0 Å². The molecule has 2 heteroatoms. The van der Waals surface area contributed by atoms with Crippen LogP contribution in [0, 0.1) is 0 Å². The summed E-state index contributed by atoms with van der Waals surface area (Å²) in [5.41, 5.74) is 1.48. The van der Waals surface area contributed by atoms with Gasteiger partial charge in [-0.2, -0.15) is 0 Å². The van der Waals surface area contributed by atoms with Crippen LogP contribution in [0.2, 0.25) is 0 Å². The first-order valence-electron chi connectivity index (χ1n) is 7.22. The van der Waals surface area contributed by atoms with Crippen LogP contribution in [0.5, 0.6) is 0 Å². The number of benzene rings is 1. The monoisotopic (exact) mass is 271 g/mol. The van der Waals surface area contributed by atoms with Gasteiger partial charge in [-0.05, 0) is 48.6 Å². The molecule has 1 unspecified atom stereocenters. The van der Waals surface area contributed by atoms with Crippen molar-refractivity contribution in [2.75, 3.05) is 6.54 Å². The van der Waals surface area contributed by atoms with Crippen molar-refractivity contribution >= 4 is 11.3 Å². The first-order valence-corrected chi connectivity index (χ1v) is 8.10.